The normalized spacial score (nSPS) is 10.7. The molecule has 0 saturated carbocycles. The van der Waals surface area contributed by atoms with Gasteiger partial charge in [0, 0.05) is 5.56 Å². The molecule has 0 fully saturated rings. The fraction of sp³-hybridized carbons (Fsp3) is 0.125. The number of ether oxygens (including phenoxy) is 1. The van der Waals surface area contributed by atoms with Gasteiger partial charge >= 0.3 is 0 Å². The van der Waals surface area contributed by atoms with Crippen LogP contribution in [0.4, 0.5) is 0 Å². The molecule has 4 nitrogen and oxygen atoms in total. The maximum absolute atomic E-state index is 6.06. The summed E-state index contributed by atoms with van der Waals surface area (Å²) in [5, 5.41) is 8.83. The summed E-state index contributed by atoms with van der Waals surface area (Å²) < 4.78 is 11.2. The second kappa shape index (κ2) is 6.38. The molecule has 0 aliphatic carbocycles. The Labute approximate surface area is 137 Å². The SMILES string of the molecule is Cc1ccccc1-c1nnc(COc2cccc(Cl)c2Cl)o1. The molecule has 1 heterocycles. The Morgan fingerprint density at radius 3 is 2.68 bits per heavy atom. The van der Waals surface area contributed by atoms with Crippen LogP contribution in [0.25, 0.3) is 11.5 Å². The molecule has 1 aromatic heterocycles. The quantitative estimate of drug-likeness (QED) is 0.678. The molecule has 6 heteroatoms. The van der Waals surface area contributed by atoms with Crippen molar-refractivity contribution in [2.24, 2.45) is 0 Å². The van der Waals surface area contributed by atoms with Gasteiger partial charge in [-0.2, -0.15) is 0 Å². The second-order valence-electron chi connectivity index (χ2n) is 4.66. The first kappa shape index (κ1) is 14.9. The van der Waals surface area contributed by atoms with Crippen molar-refractivity contribution in [3.05, 3.63) is 64.0 Å². The second-order valence-corrected chi connectivity index (χ2v) is 5.44. The van der Waals surface area contributed by atoms with Crippen molar-refractivity contribution in [3.8, 4) is 17.2 Å². The number of halogens is 2. The Morgan fingerprint density at radius 1 is 1.05 bits per heavy atom. The summed E-state index contributed by atoms with van der Waals surface area (Å²) >= 11 is 12.0. The fourth-order valence-electron chi connectivity index (χ4n) is 1.97. The van der Waals surface area contributed by atoms with Crippen molar-refractivity contribution in [1.82, 2.24) is 10.2 Å². The van der Waals surface area contributed by atoms with Crippen molar-refractivity contribution in [3.63, 3.8) is 0 Å². The van der Waals surface area contributed by atoms with Crippen LogP contribution in [0.1, 0.15) is 11.5 Å². The largest absolute Gasteiger partial charge is 0.482 e. The molecule has 112 valence electrons. The van der Waals surface area contributed by atoms with E-state index < -0.39 is 0 Å². The molecular weight excluding hydrogens is 323 g/mol. The highest BCUT2D eigenvalue weighted by Gasteiger charge is 2.12. The maximum atomic E-state index is 6.06. The minimum Gasteiger partial charge on any atom is -0.482 e. The predicted molar refractivity (Wildman–Crippen MR) is 85.3 cm³/mol. The van der Waals surface area contributed by atoms with Crippen molar-refractivity contribution in [1.29, 1.82) is 0 Å². The highest BCUT2D eigenvalue weighted by Crippen LogP contribution is 2.32. The molecular formula is C16H12Cl2N2O2. The lowest BCUT2D eigenvalue weighted by atomic mass is 10.1. The van der Waals surface area contributed by atoms with Gasteiger partial charge in [-0.25, -0.2) is 0 Å². The monoisotopic (exact) mass is 334 g/mol. The van der Waals surface area contributed by atoms with Crippen molar-refractivity contribution in [2.45, 2.75) is 13.5 Å². The van der Waals surface area contributed by atoms with Gasteiger partial charge in [-0.3, -0.25) is 0 Å². The van der Waals surface area contributed by atoms with Crippen LogP contribution in [0.3, 0.4) is 0 Å². The van der Waals surface area contributed by atoms with Crippen LogP contribution in [0.15, 0.2) is 46.9 Å². The van der Waals surface area contributed by atoms with E-state index in [2.05, 4.69) is 10.2 Å². The molecule has 3 rings (SSSR count). The Bertz CT molecular complexity index is 802. The molecule has 0 unspecified atom stereocenters. The molecule has 0 radical (unpaired) electrons. The number of aromatic nitrogens is 2. The summed E-state index contributed by atoms with van der Waals surface area (Å²) in [6.45, 7) is 2.11. The Balaban J connectivity index is 1.75. The van der Waals surface area contributed by atoms with Gasteiger partial charge in [0.05, 0.1) is 5.02 Å². The zero-order chi connectivity index (χ0) is 15.5. The third-order valence-electron chi connectivity index (χ3n) is 3.11. The van der Waals surface area contributed by atoms with E-state index in [1.165, 1.54) is 0 Å². The molecule has 0 aliphatic heterocycles. The van der Waals surface area contributed by atoms with Crippen LogP contribution < -0.4 is 4.74 Å². The summed E-state index contributed by atoms with van der Waals surface area (Å²) in [6.07, 6.45) is 0. The van der Waals surface area contributed by atoms with E-state index in [-0.39, 0.29) is 6.61 Å². The maximum Gasteiger partial charge on any atom is 0.254 e. The van der Waals surface area contributed by atoms with Crippen LogP contribution in [-0.2, 0) is 6.61 Å². The molecule has 0 saturated heterocycles. The number of aryl methyl sites for hydroxylation is 1. The number of rotatable bonds is 4. The molecule has 0 N–H and O–H groups in total. The Hall–Kier alpha value is -2.04. The number of hydrogen-bond acceptors (Lipinski definition) is 4. The van der Waals surface area contributed by atoms with Gasteiger partial charge in [-0.15, -0.1) is 10.2 Å². The topological polar surface area (TPSA) is 48.2 Å². The van der Waals surface area contributed by atoms with Crippen molar-refractivity contribution in [2.75, 3.05) is 0 Å². The van der Waals surface area contributed by atoms with Gasteiger partial charge in [0.1, 0.15) is 10.8 Å². The van der Waals surface area contributed by atoms with Crippen LogP contribution >= 0.6 is 23.2 Å². The lowest BCUT2D eigenvalue weighted by Gasteiger charge is -2.06. The molecule has 22 heavy (non-hydrogen) atoms. The average molecular weight is 335 g/mol. The van der Waals surface area contributed by atoms with Crippen LogP contribution in [0.2, 0.25) is 10.0 Å². The van der Waals surface area contributed by atoms with Crippen LogP contribution in [-0.4, -0.2) is 10.2 Å². The van der Waals surface area contributed by atoms with Gasteiger partial charge in [-0.1, -0.05) is 47.5 Å². The molecule has 2 aromatic carbocycles. The van der Waals surface area contributed by atoms with Gasteiger partial charge in [-0.05, 0) is 30.7 Å². The third-order valence-corrected chi connectivity index (χ3v) is 3.91. The molecule has 3 aromatic rings. The molecule has 0 amide bonds. The summed E-state index contributed by atoms with van der Waals surface area (Å²) in [4.78, 5) is 0. The summed E-state index contributed by atoms with van der Waals surface area (Å²) in [5.41, 5.74) is 1.97. The highest BCUT2D eigenvalue weighted by atomic mass is 35.5. The van der Waals surface area contributed by atoms with E-state index in [9.17, 15) is 0 Å². The molecule has 0 bridgehead atoms. The zero-order valence-corrected chi connectivity index (χ0v) is 13.2. The van der Waals surface area contributed by atoms with Crippen LogP contribution in [0.5, 0.6) is 5.75 Å². The average Bonchev–Trinajstić information content (AvgIpc) is 2.98. The highest BCUT2D eigenvalue weighted by molar-refractivity contribution is 6.42. The summed E-state index contributed by atoms with van der Waals surface area (Å²) in [7, 11) is 0. The van der Waals surface area contributed by atoms with E-state index in [4.69, 9.17) is 32.4 Å². The number of nitrogens with zero attached hydrogens (tertiary/aromatic N) is 2. The minimum absolute atomic E-state index is 0.124. The van der Waals surface area contributed by atoms with E-state index in [1.54, 1.807) is 18.2 Å². The first-order valence-corrected chi connectivity index (χ1v) is 7.36. The van der Waals surface area contributed by atoms with Gasteiger partial charge in [0.25, 0.3) is 5.89 Å². The zero-order valence-electron chi connectivity index (χ0n) is 11.7. The Morgan fingerprint density at radius 2 is 1.86 bits per heavy atom. The van der Waals surface area contributed by atoms with Gasteiger partial charge in [0.2, 0.25) is 5.89 Å². The summed E-state index contributed by atoms with van der Waals surface area (Å²) in [6, 6.07) is 13.0. The third kappa shape index (κ3) is 3.08. The lowest BCUT2D eigenvalue weighted by Crippen LogP contribution is -1.96. The number of hydrogen-bond donors (Lipinski definition) is 0. The number of benzene rings is 2. The van der Waals surface area contributed by atoms with E-state index in [1.807, 2.05) is 31.2 Å². The first-order chi connectivity index (χ1) is 10.6. The predicted octanol–water partition coefficient (Wildman–Crippen LogP) is 4.93. The van der Waals surface area contributed by atoms with E-state index in [0.717, 1.165) is 11.1 Å². The van der Waals surface area contributed by atoms with Gasteiger partial charge in [0.15, 0.2) is 6.61 Å². The van der Waals surface area contributed by atoms with E-state index >= 15 is 0 Å². The smallest absolute Gasteiger partial charge is 0.254 e. The first-order valence-electron chi connectivity index (χ1n) is 6.60. The van der Waals surface area contributed by atoms with Crippen LogP contribution in [0, 0.1) is 6.92 Å². The standard InChI is InChI=1S/C16H12Cl2N2O2/c1-10-5-2-3-6-11(10)16-20-19-14(22-16)9-21-13-8-4-7-12(17)15(13)18/h2-8H,9H2,1H3. The lowest BCUT2D eigenvalue weighted by molar-refractivity contribution is 0.264. The molecule has 0 atom stereocenters. The Kier molecular flexibility index (Phi) is 4.32. The van der Waals surface area contributed by atoms with Crippen molar-refractivity contribution < 1.29 is 9.15 Å². The van der Waals surface area contributed by atoms with E-state index in [0.29, 0.717) is 27.6 Å². The summed E-state index contributed by atoms with van der Waals surface area (Å²) in [5.74, 6) is 1.31. The minimum atomic E-state index is 0.124. The van der Waals surface area contributed by atoms with Gasteiger partial charge < -0.3 is 9.15 Å². The molecule has 0 aliphatic rings. The molecule has 0 spiro atoms. The van der Waals surface area contributed by atoms with Crippen molar-refractivity contribution >= 4 is 23.2 Å². The fourth-order valence-corrected chi connectivity index (χ4v) is 2.32.